The molecule has 1 aliphatic heterocycles. The quantitative estimate of drug-likeness (QED) is 0.576. The molecule has 0 aromatic carbocycles. The highest BCUT2D eigenvalue weighted by molar-refractivity contribution is 5.94. The number of carbonyl (C=O) groups is 3. The van der Waals surface area contributed by atoms with Gasteiger partial charge in [0.15, 0.2) is 0 Å². The number of rotatable bonds is 1. The minimum atomic E-state index is -0.624. The first-order chi connectivity index (χ1) is 7.47. The molecule has 0 fully saturated rings. The van der Waals surface area contributed by atoms with E-state index in [2.05, 4.69) is 4.74 Å². The lowest BCUT2D eigenvalue weighted by atomic mass is 10.3. The van der Waals surface area contributed by atoms with Crippen molar-refractivity contribution in [1.29, 1.82) is 0 Å². The van der Waals surface area contributed by atoms with E-state index < -0.39 is 5.97 Å². The Morgan fingerprint density at radius 3 is 2.25 bits per heavy atom. The highest BCUT2D eigenvalue weighted by Crippen LogP contribution is 2.14. The smallest absolute Gasteiger partial charge is 0.356 e. The summed E-state index contributed by atoms with van der Waals surface area (Å²) in [7, 11) is 1.23. The second-order valence-electron chi connectivity index (χ2n) is 3.39. The summed E-state index contributed by atoms with van der Waals surface area (Å²) in [4.78, 5) is 36.5. The molecule has 0 atom stereocenters. The maximum Gasteiger partial charge on any atom is 0.356 e. The lowest BCUT2D eigenvalue weighted by Gasteiger charge is -2.31. The Morgan fingerprint density at radius 2 is 1.81 bits per heavy atom. The number of carbonyl (C=O) groups excluding carboxylic acids is 3. The van der Waals surface area contributed by atoms with Gasteiger partial charge in [0.1, 0.15) is 5.70 Å². The van der Waals surface area contributed by atoms with Gasteiger partial charge in [-0.05, 0) is 0 Å². The first-order valence-electron chi connectivity index (χ1n) is 4.82. The molecule has 6 nitrogen and oxygen atoms in total. The van der Waals surface area contributed by atoms with E-state index in [-0.39, 0.29) is 17.5 Å². The average molecular weight is 226 g/mol. The predicted molar refractivity (Wildman–Crippen MR) is 54.9 cm³/mol. The van der Waals surface area contributed by atoms with Crippen molar-refractivity contribution >= 4 is 17.8 Å². The van der Waals surface area contributed by atoms with Gasteiger partial charge in [-0.3, -0.25) is 9.59 Å². The molecule has 0 aromatic rings. The fraction of sp³-hybridized carbons (Fsp3) is 0.500. The first kappa shape index (κ1) is 12.2. The second-order valence-corrected chi connectivity index (χ2v) is 3.39. The van der Waals surface area contributed by atoms with E-state index in [1.165, 1.54) is 37.0 Å². The molecule has 0 radical (unpaired) electrons. The van der Waals surface area contributed by atoms with Crippen molar-refractivity contribution in [3.05, 3.63) is 11.9 Å². The topological polar surface area (TPSA) is 66.9 Å². The van der Waals surface area contributed by atoms with Gasteiger partial charge in [0.25, 0.3) is 0 Å². The van der Waals surface area contributed by atoms with E-state index >= 15 is 0 Å². The minimum absolute atomic E-state index is 0.0939. The van der Waals surface area contributed by atoms with Crippen LogP contribution in [0, 0.1) is 0 Å². The minimum Gasteiger partial charge on any atom is -0.464 e. The standard InChI is InChI=1S/C10H14N2O4/c1-7(13)11-4-5-12(8(2)14)9(6-11)10(15)16-3/h6H,4-5H2,1-3H3. The first-order valence-corrected chi connectivity index (χ1v) is 4.82. The van der Waals surface area contributed by atoms with Crippen molar-refractivity contribution in [2.24, 2.45) is 0 Å². The molecule has 1 heterocycles. The van der Waals surface area contributed by atoms with Crippen molar-refractivity contribution in [2.45, 2.75) is 13.8 Å². The molecule has 0 saturated carbocycles. The molecule has 16 heavy (non-hydrogen) atoms. The van der Waals surface area contributed by atoms with Crippen molar-refractivity contribution in [2.75, 3.05) is 20.2 Å². The summed E-state index contributed by atoms with van der Waals surface area (Å²) in [6.07, 6.45) is 1.35. The summed E-state index contributed by atoms with van der Waals surface area (Å²) in [5, 5.41) is 0. The van der Waals surface area contributed by atoms with Gasteiger partial charge in [-0.1, -0.05) is 0 Å². The van der Waals surface area contributed by atoms with Crippen LogP contribution >= 0.6 is 0 Å². The lowest BCUT2D eigenvalue weighted by Crippen LogP contribution is -2.44. The van der Waals surface area contributed by atoms with Gasteiger partial charge < -0.3 is 14.5 Å². The molecule has 0 unspecified atom stereocenters. The van der Waals surface area contributed by atoms with Gasteiger partial charge in [-0.15, -0.1) is 0 Å². The number of hydrogen-bond acceptors (Lipinski definition) is 4. The van der Waals surface area contributed by atoms with Crippen LogP contribution in [0.25, 0.3) is 0 Å². The van der Waals surface area contributed by atoms with Gasteiger partial charge in [0.05, 0.1) is 7.11 Å². The third kappa shape index (κ3) is 2.39. The van der Waals surface area contributed by atoms with Crippen molar-refractivity contribution < 1.29 is 19.1 Å². The van der Waals surface area contributed by atoms with Gasteiger partial charge >= 0.3 is 5.97 Å². The van der Waals surface area contributed by atoms with Crippen LogP contribution in [0.2, 0.25) is 0 Å². The fourth-order valence-electron chi connectivity index (χ4n) is 1.45. The van der Waals surface area contributed by atoms with Crippen LogP contribution in [0.4, 0.5) is 0 Å². The summed E-state index contributed by atoms with van der Waals surface area (Å²) in [5.41, 5.74) is 0.0939. The number of esters is 1. The van der Waals surface area contributed by atoms with Crippen LogP contribution < -0.4 is 0 Å². The third-order valence-electron chi connectivity index (χ3n) is 2.31. The van der Waals surface area contributed by atoms with Gasteiger partial charge in [-0.2, -0.15) is 0 Å². The molecule has 2 amide bonds. The van der Waals surface area contributed by atoms with E-state index in [0.717, 1.165) is 0 Å². The number of nitrogens with zero attached hydrogens (tertiary/aromatic N) is 2. The van der Waals surface area contributed by atoms with Crippen molar-refractivity contribution in [3.63, 3.8) is 0 Å². The number of amides is 2. The van der Waals surface area contributed by atoms with Gasteiger partial charge in [0, 0.05) is 33.1 Å². The van der Waals surface area contributed by atoms with Crippen molar-refractivity contribution in [3.8, 4) is 0 Å². The molecule has 88 valence electrons. The molecule has 0 aromatic heterocycles. The molecule has 6 heteroatoms. The van der Waals surface area contributed by atoms with Crippen LogP contribution in [0.3, 0.4) is 0 Å². The average Bonchev–Trinajstić information content (AvgIpc) is 2.26. The molecule has 1 aliphatic rings. The summed E-state index contributed by atoms with van der Waals surface area (Å²) in [5.74, 6) is -1.05. The molecule has 0 aliphatic carbocycles. The molecular formula is C10H14N2O4. The number of methoxy groups -OCH3 is 1. The van der Waals surface area contributed by atoms with E-state index in [1.54, 1.807) is 0 Å². The largest absolute Gasteiger partial charge is 0.464 e. The molecule has 0 bridgehead atoms. The summed E-state index contributed by atoms with van der Waals surface area (Å²) < 4.78 is 4.56. The van der Waals surface area contributed by atoms with Crippen LogP contribution in [0.1, 0.15) is 13.8 Å². The predicted octanol–water partition coefficient (Wildman–Crippen LogP) is -0.289. The Balaban J connectivity index is 3.02. The Bertz CT molecular complexity index is 362. The van der Waals surface area contributed by atoms with Gasteiger partial charge in [-0.25, -0.2) is 4.79 Å². The number of ether oxygens (including phenoxy) is 1. The van der Waals surface area contributed by atoms with Crippen LogP contribution in [0.15, 0.2) is 11.9 Å². The molecule has 0 N–H and O–H groups in total. The Kier molecular flexibility index (Phi) is 3.65. The van der Waals surface area contributed by atoms with E-state index in [9.17, 15) is 14.4 Å². The lowest BCUT2D eigenvalue weighted by molar-refractivity contribution is -0.142. The highest BCUT2D eigenvalue weighted by Gasteiger charge is 2.27. The summed E-state index contributed by atoms with van der Waals surface area (Å²) in [6.45, 7) is 3.44. The highest BCUT2D eigenvalue weighted by atomic mass is 16.5. The summed E-state index contributed by atoms with van der Waals surface area (Å²) >= 11 is 0. The zero-order chi connectivity index (χ0) is 12.3. The Morgan fingerprint density at radius 1 is 1.19 bits per heavy atom. The molecule has 0 spiro atoms. The fourth-order valence-corrected chi connectivity index (χ4v) is 1.45. The Labute approximate surface area is 93.4 Å². The molecule has 1 rings (SSSR count). The third-order valence-corrected chi connectivity index (χ3v) is 2.31. The summed E-state index contributed by atoms with van der Waals surface area (Å²) in [6, 6.07) is 0. The van der Waals surface area contributed by atoms with Gasteiger partial charge in [0.2, 0.25) is 11.8 Å². The monoisotopic (exact) mass is 226 g/mol. The van der Waals surface area contributed by atoms with Crippen LogP contribution in [-0.2, 0) is 19.1 Å². The molecule has 0 saturated heterocycles. The maximum absolute atomic E-state index is 11.4. The zero-order valence-electron chi connectivity index (χ0n) is 9.52. The molecular weight excluding hydrogens is 212 g/mol. The normalized spacial score (nSPS) is 15.6. The van der Waals surface area contributed by atoms with E-state index in [0.29, 0.717) is 13.1 Å². The van der Waals surface area contributed by atoms with Crippen molar-refractivity contribution in [1.82, 2.24) is 9.80 Å². The Hall–Kier alpha value is -1.85. The van der Waals surface area contributed by atoms with E-state index in [1.807, 2.05) is 0 Å². The van der Waals surface area contributed by atoms with Crippen LogP contribution in [-0.4, -0.2) is 47.8 Å². The van der Waals surface area contributed by atoms with E-state index in [4.69, 9.17) is 0 Å². The maximum atomic E-state index is 11.4. The number of hydrogen-bond donors (Lipinski definition) is 0. The SMILES string of the molecule is COC(=O)C1=CN(C(C)=O)CCN1C(C)=O. The zero-order valence-corrected chi connectivity index (χ0v) is 9.52. The second kappa shape index (κ2) is 4.78. The van der Waals surface area contributed by atoms with Crippen LogP contribution in [0.5, 0.6) is 0 Å².